The van der Waals surface area contributed by atoms with Gasteiger partial charge in [-0.15, -0.1) is 0 Å². The number of para-hydroxylation sites is 1. The summed E-state index contributed by atoms with van der Waals surface area (Å²) in [5.74, 6) is -0.965. The van der Waals surface area contributed by atoms with Gasteiger partial charge >= 0.3 is 0 Å². The van der Waals surface area contributed by atoms with Crippen molar-refractivity contribution in [1.29, 1.82) is 0 Å². The molecule has 6 rings (SSSR count). The highest BCUT2D eigenvalue weighted by atomic mass is 35.5. The zero-order chi connectivity index (χ0) is 25.7. The molecule has 1 saturated heterocycles. The Hall–Kier alpha value is -4.09. The summed E-state index contributed by atoms with van der Waals surface area (Å²) in [6.07, 6.45) is 4.56. The molecule has 0 aliphatic carbocycles. The number of aromatic nitrogens is 5. The Balaban J connectivity index is 1.39. The van der Waals surface area contributed by atoms with Gasteiger partial charge in [-0.1, -0.05) is 23.7 Å². The average molecular weight is 523 g/mol. The monoisotopic (exact) mass is 522 g/mol. The van der Waals surface area contributed by atoms with E-state index >= 15 is 0 Å². The van der Waals surface area contributed by atoms with Crippen LogP contribution in [0.15, 0.2) is 59.8 Å². The number of piperazine rings is 1. The topological polar surface area (TPSA) is 83.6 Å². The van der Waals surface area contributed by atoms with Crippen LogP contribution < -0.4 is 15.8 Å². The van der Waals surface area contributed by atoms with E-state index in [1.54, 1.807) is 46.0 Å². The van der Waals surface area contributed by atoms with E-state index < -0.39 is 17.2 Å². The molecule has 188 valence electrons. The van der Waals surface area contributed by atoms with Crippen LogP contribution in [0.2, 0.25) is 5.02 Å². The summed E-state index contributed by atoms with van der Waals surface area (Å²) in [6, 6.07) is 9.37. The Morgan fingerprint density at radius 3 is 2.49 bits per heavy atom. The summed E-state index contributed by atoms with van der Waals surface area (Å²) in [5.41, 5.74) is 0.466. The van der Waals surface area contributed by atoms with Gasteiger partial charge in [0.1, 0.15) is 11.1 Å². The smallest absolute Gasteiger partial charge is 0.270 e. The maximum absolute atomic E-state index is 15.0. The Morgan fingerprint density at radius 2 is 1.76 bits per heavy atom. The number of hydrogen-bond acceptors (Lipinski definition) is 7. The quantitative estimate of drug-likeness (QED) is 0.384. The molecule has 0 radical (unpaired) electrons. The SMILES string of the molecule is CN1CCN(c2c(F)cc(Nc3ncc4c(=O)n(-c5ccccc5Cl)c5nccn5c4n3)cc2F)CC1. The molecule has 37 heavy (non-hydrogen) atoms. The molecule has 12 heteroatoms. The standard InChI is InChI=1S/C25H21ClF2N8O/c1-33-8-10-34(11-9-33)21-18(27)12-15(13-19(21)28)31-24-30-14-16-22(32-24)35-7-6-29-25(35)36(23(16)37)20-5-3-2-4-17(20)26/h2-7,12-14H,8-11H2,1H3,(H,30,31,32). The van der Waals surface area contributed by atoms with Crippen LogP contribution in [0.25, 0.3) is 22.5 Å². The van der Waals surface area contributed by atoms with E-state index in [1.165, 1.54) is 22.9 Å². The zero-order valence-electron chi connectivity index (χ0n) is 19.7. The first-order valence-electron chi connectivity index (χ1n) is 11.6. The van der Waals surface area contributed by atoms with E-state index in [2.05, 4.69) is 25.2 Å². The van der Waals surface area contributed by atoms with Crippen molar-refractivity contribution in [3.8, 4) is 5.69 Å². The van der Waals surface area contributed by atoms with Gasteiger partial charge in [-0.05, 0) is 31.3 Å². The molecule has 3 aromatic heterocycles. The maximum atomic E-state index is 15.0. The first-order valence-corrected chi connectivity index (χ1v) is 12.0. The van der Waals surface area contributed by atoms with Crippen molar-refractivity contribution in [1.82, 2.24) is 28.8 Å². The van der Waals surface area contributed by atoms with Crippen molar-refractivity contribution in [2.45, 2.75) is 0 Å². The third kappa shape index (κ3) is 4.05. The number of nitrogens with one attached hydrogen (secondary N) is 1. The summed E-state index contributed by atoms with van der Waals surface area (Å²) >= 11 is 6.35. The van der Waals surface area contributed by atoms with Crippen LogP contribution in [0.4, 0.5) is 26.1 Å². The average Bonchev–Trinajstić information content (AvgIpc) is 3.36. The van der Waals surface area contributed by atoms with Crippen LogP contribution in [0.3, 0.4) is 0 Å². The molecule has 2 aromatic carbocycles. The summed E-state index contributed by atoms with van der Waals surface area (Å²) in [6.45, 7) is 2.53. The molecule has 1 aliphatic heterocycles. The summed E-state index contributed by atoms with van der Waals surface area (Å²) < 4.78 is 32.9. The van der Waals surface area contributed by atoms with Gasteiger partial charge in [0, 0.05) is 50.5 Å². The summed E-state index contributed by atoms with van der Waals surface area (Å²) in [7, 11) is 1.98. The number of likely N-dealkylation sites (N-methyl/N-ethyl adjacent to an activating group) is 1. The number of rotatable bonds is 4. The van der Waals surface area contributed by atoms with Gasteiger partial charge in [0.15, 0.2) is 17.3 Å². The Morgan fingerprint density at radius 1 is 1.03 bits per heavy atom. The van der Waals surface area contributed by atoms with E-state index in [0.29, 0.717) is 29.6 Å². The van der Waals surface area contributed by atoms with E-state index in [0.717, 1.165) is 13.1 Å². The molecule has 5 aromatic rings. The number of hydrogen-bond donors (Lipinski definition) is 1. The molecule has 0 spiro atoms. The first kappa shape index (κ1) is 23.3. The number of imidazole rings is 1. The summed E-state index contributed by atoms with van der Waals surface area (Å²) in [5, 5.41) is 3.46. The van der Waals surface area contributed by atoms with Crippen LogP contribution in [0.1, 0.15) is 0 Å². The Kier molecular flexibility index (Phi) is 5.73. The second kappa shape index (κ2) is 9.09. The van der Waals surface area contributed by atoms with Crippen LogP contribution >= 0.6 is 11.6 Å². The molecule has 0 saturated carbocycles. The van der Waals surface area contributed by atoms with Gasteiger partial charge in [0.2, 0.25) is 11.7 Å². The molecule has 0 amide bonds. The third-order valence-electron chi connectivity index (χ3n) is 6.44. The lowest BCUT2D eigenvalue weighted by molar-refractivity contribution is 0.310. The van der Waals surface area contributed by atoms with Gasteiger partial charge in [-0.2, -0.15) is 4.98 Å². The fourth-order valence-electron chi connectivity index (χ4n) is 4.55. The van der Waals surface area contributed by atoms with Crippen molar-refractivity contribution in [3.05, 3.63) is 82.0 Å². The van der Waals surface area contributed by atoms with Gasteiger partial charge in [-0.25, -0.2) is 23.3 Å². The second-order valence-electron chi connectivity index (χ2n) is 8.82. The van der Waals surface area contributed by atoms with Crippen LogP contribution in [0, 0.1) is 11.6 Å². The molecule has 9 nitrogen and oxygen atoms in total. The predicted octanol–water partition coefficient (Wildman–Crippen LogP) is 3.86. The molecule has 0 unspecified atom stereocenters. The van der Waals surface area contributed by atoms with Crippen molar-refractivity contribution in [2.75, 3.05) is 43.4 Å². The molecule has 1 fully saturated rings. The molecule has 1 N–H and O–H groups in total. The van der Waals surface area contributed by atoms with Crippen molar-refractivity contribution >= 4 is 45.7 Å². The fraction of sp³-hybridized carbons (Fsp3) is 0.200. The van der Waals surface area contributed by atoms with E-state index in [-0.39, 0.29) is 28.4 Å². The highest BCUT2D eigenvalue weighted by molar-refractivity contribution is 6.32. The highest BCUT2D eigenvalue weighted by Crippen LogP contribution is 2.29. The number of fused-ring (bicyclic) bond motifs is 3. The fourth-order valence-corrected chi connectivity index (χ4v) is 4.77. The van der Waals surface area contributed by atoms with Crippen molar-refractivity contribution in [2.24, 2.45) is 0 Å². The van der Waals surface area contributed by atoms with Gasteiger partial charge in [0.25, 0.3) is 5.56 Å². The van der Waals surface area contributed by atoms with Gasteiger partial charge in [-0.3, -0.25) is 9.20 Å². The first-order chi connectivity index (χ1) is 17.9. The lowest BCUT2D eigenvalue weighted by atomic mass is 10.2. The van der Waals surface area contributed by atoms with E-state index in [1.807, 2.05) is 7.05 Å². The highest BCUT2D eigenvalue weighted by Gasteiger charge is 2.22. The number of anilines is 3. The minimum atomic E-state index is -0.674. The van der Waals surface area contributed by atoms with E-state index in [9.17, 15) is 13.6 Å². The third-order valence-corrected chi connectivity index (χ3v) is 6.76. The van der Waals surface area contributed by atoms with Gasteiger partial charge < -0.3 is 15.1 Å². The van der Waals surface area contributed by atoms with E-state index in [4.69, 9.17) is 11.6 Å². The van der Waals surface area contributed by atoms with Crippen LogP contribution in [0.5, 0.6) is 0 Å². The Labute approximate surface area is 214 Å². The van der Waals surface area contributed by atoms with Crippen molar-refractivity contribution in [3.63, 3.8) is 0 Å². The minimum absolute atomic E-state index is 0.0432. The second-order valence-corrected chi connectivity index (χ2v) is 9.23. The summed E-state index contributed by atoms with van der Waals surface area (Å²) in [4.78, 5) is 30.2. The molecular weight excluding hydrogens is 502 g/mol. The van der Waals surface area contributed by atoms with Crippen molar-refractivity contribution < 1.29 is 8.78 Å². The minimum Gasteiger partial charge on any atom is -0.364 e. The number of benzene rings is 2. The lowest BCUT2D eigenvalue weighted by Gasteiger charge is -2.34. The molecule has 0 bridgehead atoms. The van der Waals surface area contributed by atoms with Crippen LogP contribution in [-0.4, -0.2) is 62.0 Å². The zero-order valence-corrected chi connectivity index (χ0v) is 20.5. The molecule has 4 heterocycles. The number of halogens is 3. The molecular formula is C25H21ClF2N8O. The van der Waals surface area contributed by atoms with Gasteiger partial charge in [0.05, 0.1) is 10.7 Å². The largest absolute Gasteiger partial charge is 0.364 e. The predicted molar refractivity (Wildman–Crippen MR) is 138 cm³/mol. The molecule has 1 aliphatic rings. The molecule has 0 atom stereocenters. The lowest BCUT2D eigenvalue weighted by Crippen LogP contribution is -2.45. The Bertz CT molecular complexity index is 1690. The maximum Gasteiger partial charge on any atom is 0.270 e. The van der Waals surface area contributed by atoms with Crippen LogP contribution in [-0.2, 0) is 0 Å². The number of nitrogens with zero attached hydrogens (tertiary/aromatic N) is 7. The normalized spacial score (nSPS) is 14.5.